The number of hydrogen-bond acceptors (Lipinski definition) is 3. The normalized spacial score (nSPS) is 15.1. The Bertz CT molecular complexity index is 476. The largest absolute Gasteiger partial charge is 0.496 e. The SMILES string of the molecule is COc1ccc(Br)cc1CN1CC(=O)NC1=O. The molecule has 2 rings (SSSR count). The molecule has 1 N–H and O–H groups in total. The highest BCUT2D eigenvalue weighted by atomic mass is 79.9. The predicted octanol–water partition coefficient (Wildman–Crippen LogP) is 1.51. The molecule has 1 aliphatic heterocycles. The Morgan fingerprint density at radius 3 is 2.82 bits per heavy atom. The van der Waals surface area contributed by atoms with Crippen LogP contribution in [0.5, 0.6) is 5.75 Å². The van der Waals surface area contributed by atoms with E-state index in [1.165, 1.54) is 4.90 Å². The maximum absolute atomic E-state index is 11.4. The Labute approximate surface area is 107 Å². The Morgan fingerprint density at radius 1 is 1.47 bits per heavy atom. The summed E-state index contributed by atoms with van der Waals surface area (Å²) in [5.41, 5.74) is 0.853. The van der Waals surface area contributed by atoms with Crippen molar-refractivity contribution < 1.29 is 14.3 Å². The summed E-state index contributed by atoms with van der Waals surface area (Å²) >= 11 is 3.36. The maximum Gasteiger partial charge on any atom is 0.324 e. The molecular weight excluding hydrogens is 288 g/mol. The molecule has 1 heterocycles. The predicted molar refractivity (Wildman–Crippen MR) is 64.6 cm³/mol. The van der Waals surface area contributed by atoms with Crippen molar-refractivity contribution in [2.75, 3.05) is 13.7 Å². The lowest BCUT2D eigenvalue weighted by Crippen LogP contribution is -2.27. The summed E-state index contributed by atoms with van der Waals surface area (Å²) in [6.45, 7) is 0.439. The number of nitrogens with zero attached hydrogens (tertiary/aromatic N) is 1. The van der Waals surface area contributed by atoms with Crippen LogP contribution >= 0.6 is 15.9 Å². The van der Waals surface area contributed by atoms with E-state index in [0.29, 0.717) is 12.3 Å². The number of rotatable bonds is 3. The van der Waals surface area contributed by atoms with Crippen LogP contribution in [0.3, 0.4) is 0 Å². The number of hydrogen-bond donors (Lipinski definition) is 1. The third kappa shape index (κ3) is 2.58. The van der Waals surface area contributed by atoms with Gasteiger partial charge in [-0.25, -0.2) is 4.79 Å². The molecule has 0 spiro atoms. The molecule has 0 unspecified atom stereocenters. The van der Waals surface area contributed by atoms with Crippen molar-refractivity contribution in [1.29, 1.82) is 0 Å². The highest BCUT2D eigenvalue weighted by Gasteiger charge is 2.27. The van der Waals surface area contributed by atoms with E-state index in [1.807, 2.05) is 18.2 Å². The molecule has 3 amide bonds. The summed E-state index contributed by atoms with van der Waals surface area (Å²) in [6.07, 6.45) is 0. The lowest BCUT2D eigenvalue weighted by Gasteiger charge is -2.15. The zero-order valence-electron chi connectivity index (χ0n) is 9.20. The second-order valence-corrected chi connectivity index (χ2v) is 4.58. The van der Waals surface area contributed by atoms with E-state index in [4.69, 9.17) is 4.74 Å². The van der Waals surface area contributed by atoms with Gasteiger partial charge in [-0.1, -0.05) is 15.9 Å². The summed E-state index contributed by atoms with van der Waals surface area (Å²) in [5.74, 6) is 0.421. The molecule has 0 saturated carbocycles. The fourth-order valence-corrected chi connectivity index (χ4v) is 2.10. The van der Waals surface area contributed by atoms with Gasteiger partial charge in [0.25, 0.3) is 0 Å². The number of benzene rings is 1. The summed E-state index contributed by atoms with van der Waals surface area (Å²) in [5, 5.41) is 2.23. The Morgan fingerprint density at radius 2 is 2.24 bits per heavy atom. The van der Waals surface area contributed by atoms with Gasteiger partial charge in [0.2, 0.25) is 5.91 Å². The monoisotopic (exact) mass is 298 g/mol. The number of urea groups is 1. The van der Waals surface area contributed by atoms with Crippen LogP contribution in [0.25, 0.3) is 0 Å². The molecule has 1 aromatic rings. The van der Waals surface area contributed by atoms with Crippen LogP contribution in [0.1, 0.15) is 5.56 Å². The van der Waals surface area contributed by atoms with Gasteiger partial charge in [-0.05, 0) is 18.2 Å². The molecule has 0 bridgehead atoms. The number of ether oxygens (including phenoxy) is 1. The van der Waals surface area contributed by atoms with E-state index in [9.17, 15) is 9.59 Å². The van der Waals surface area contributed by atoms with E-state index in [2.05, 4.69) is 21.2 Å². The van der Waals surface area contributed by atoms with Crippen LogP contribution in [-0.2, 0) is 11.3 Å². The van der Waals surface area contributed by atoms with Crippen LogP contribution in [-0.4, -0.2) is 30.5 Å². The molecule has 1 aliphatic rings. The number of carbonyl (C=O) groups is 2. The number of amides is 3. The smallest absolute Gasteiger partial charge is 0.324 e. The lowest BCUT2D eigenvalue weighted by molar-refractivity contribution is -0.118. The van der Waals surface area contributed by atoms with E-state index >= 15 is 0 Å². The first-order valence-electron chi connectivity index (χ1n) is 5.01. The summed E-state index contributed by atoms with van der Waals surface area (Å²) in [6, 6.07) is 5.18. The Balaban J connectivity index is 2.20. The molecule has 0 radical (unpaired) electrons. The van der Waals surface area contributed by atoms with Gasteiger partial charge in [-0.3, -0.25) is 10.1 Å². The third-order valence-corrected chi connectivity index (χ3v) is 2.96. The average Bonchev–Trinajstić information content (AvgIpc) is 2.58. The maximum atomic E-state index is 11.4. The first-order valence-corrected chi connectivity index (χ1v) is 5.80. The number of halogens is 1. The van der Waals surface area contributed by atoms with E-state index in [1.54, 1.807) is 7.11 Å². The molecule has 0 aliphatic carbocycles. The minimum atomic E-state index is -0.364. The second kappa shape index (κ2) is 4.75. The van der Waals surface area contributed by atoms with Crippen molar-refractivity contribution in [2.24, 2.45) is 0 Å². The first-order chi connectivity index (χ1) is 8.10. The Kier molecular flexibility index (Phi) is 3.33. The van der Waals surface area contributed by atoms with Crippen molar-refractivity contribution >= 4 is 27.9 Å². The minimum Gasteiger partial charge on any atom is -0.496 e. The molecule has 5 nitrogen and oxygen atoms in total. The van der Waals surface area contributed by atoms with Crippen LogP contribution in [0.15, 0.2) is 22.7 Å². The highest BCUT2D eigenvalue weighted by molar-refractivity contribution is 9.10. The van der Waals surface area contributed by atoms with Gasteiger partial charge in [0, 0.05) is 10.0 Å². The lowest BCUT2D eigenvalue weighted by atomic mass is 10.2. The number of nitrogens with one attached hydrogen (secondary N) is 1. The zero-order valence-corrected chi connectivity index (χ0v) is 10.8. The fraction of sp³-hybridized carbons (Fsp3) is 0.273. The van der Waals surface area contributed by atoms with Crippen molar-refractivity contribution in [3.05, 3.63) is 28.2 Å². The molecule has 90 valence electrons. The van der Waals surface area contributed by atoms with Crippen LogP contribution in [0.2, 0.25) is 0 Å². The van der Waals surface area contributed by atoms with Crippen LogP contribution in [0.4, 0.5) is 4.79 Å². The van der Waals surface area contributed by atoms with Crippen molar-refractivity contribution in [3.8, 4) is 5.75 Å². The van der Waals surface area contributed by atoms with E-state index < -0.39 is 0 Å². The fourth-order valence-electron chi connectivity index (χ4n) is 1.69. The van der Waals surface area contributed by atoms with Crippen molar-refractivity contribution in [2.45, 2.75) is 6.54 Å². The quantitative estimate of drug-likeness (QED) is 0.861. The van der Waals surface area contributed by atoms with Gasteiger partial charge in [0.15, 0.2) is 0 Å². The Hall–Kier alpha value is -1.56. The molecule has 0 aromatic heterocycles. The van der Waals surface area contributed by atoms with Crippen molar-refractivity contribution in [3.63, 3.8) is 0 Å². The minimum absolute atomic E-state index is 0.0918. The number of methoxy groups -OCH3 is 1. The molecular formula is C11H11BrN2O3. The second-order valence-electron chi connectivity index (χ2n) is 3.67. The zero-order chi connectivity index (χ0) is 12.4. The van der Waals surface area contributed by atoms with Gasteiger partial charge in [-0.15, -0.1) is 0 Å². The average molecular weight is 299 g/mol. The summed E-state index contributed by atoms with van der Waals surface area (Å²) in [4.78, 5) is 23.9. The van der Waals surface area contributed by atoms with Crippen LogP contribution < -0.4 is 10.1 Å². The highest BCUT2D eigenvalue weighted by Crippen LogP contribution is 2.24. The molecule has 1 aromatic carbocycles. The van der Waals surface area contributed by atoms with Crippen molar-refractivity contribution in [1.82, 2.24) is 10.2 Å². The molecule has 1 saturated heterocycles. The van der Waals surface area contributed by atoms with Gasteiger partial charge < -0.3 is 9.64 Å². The standard InChI is InChI=1S/C11H11BrN2O3/c1-17-9-3-2-8(12)4-7(9)5-14-6-10(15)13-11(14)16/h2-4H,5-6H2,1H3,(H,13,15,16). The molecule has 1 fully saturated rings. The van der Waals surface area contributed by atoms with E-state index in [-0.39, 0.29) is 18.5 Å². The van der Waals surface area contributed by atoms with E-state index in [0.717, 1.165) is 10.0 Å². The topological polar surface area (TPSA) is 58.6 Å². The van der Waals surface area contributed by atoms with Gasteiger partial charge >= 0.3 is 6.03 Å². The summed E-state index contributed by atoms with van der Waals surface area (Å²) in [7, 11) is 1.57. The first kappa shape index (κ1) is 11.9. The number of carbonyl (C=O) groups excluding carboxylic acids is 2. The molecule has 0 atom stereocenters. The molecule has 6 heteroatoms. The third-order valence-electron chi connectivity index (χ3n) is 2.47. The number of imide groups is 1. The summed E-state index contributed by atoms with van der Waals surface area (Å²) < 4.78 is 6.11. The van der Waals surface area contributed by atoms with Gasteiger partial charge in [0.1, 0.15) is 12.3 Å². The van der Waals surface area contributed by atoms with Gasteiger partial charge in [-0.2, -0.15) is 0 Å². The van der Waals surface area contributed by atoms with Crippen LogP contribution in [0, 0.1) is 0 Å². The van der Waals surface area contributed by atoms with Gasteiger partial charge in [0.05, 0.1) is 13.7 Å². The molecule has 17 heavy (non-hydrogen) atoms.